The lowest BCUT2D eigenvalue weighted by atomic mass is 10.2. The maximum absolute atomic E-state index is 12.7. The number of ether oxygens (including phenoxy) is 1. The third-order valence-electron chi connectivity index (χ3n) is 4.95. The number of carbonyl (C=O) groups is 2. The van der Waals surface area contributed by atoms with Crippen LogP contribution in [0.1, 0.15) is 21.5 Å². The molecule has 4 rings (SSSR count). The van der Waals surface area contributed by atoms with Crippen molar-refractivity contribution in [3.63, 3.8) is 0 Å². The van der Waals surface area contributed by atoms with Crippen molar-refractivity contribution in [1.82, 2.24) is 4.90 Å². The van der Waals surface area contributed by atoms with Gasteiger partial charge in [-0.1, -0.05) is 53.0 Å². The molecule has 0 aliphatic carbocycles. The summed E-state index contributed by atoms with van der Waals surface area (Å²) in [6.07, 6.45) is 1.72. The van der Waals surface area contributed by atoms with E-state index in [9.17, 15) is 9.59 Å². The summed E-state index contributed by atoms with van der Waals surface area (Å²) in [7, 11) is 1.61. The number of aliphatic imine (C=N–C) groups is 1. The van der Waals surface area contributed by atoms with E-state index in [4.69, 9.17) is 44.6 Å². The first-order valence-corrected chi connectivity index (χ1v) is 12.1. The molecule has 1 N–H and O–H groups in total. The number of amides is 1. The highest BCUT2D eigenvalue weighted by molar-refractivity contribution is 8.18. The molecule has 6 nitrogen and oxygen atoms in total. The monoisotopic (exact) mass is 546 g/mol. The van der Waals surface area contributed by atoms with E-state index < -0.39 is 5.97 Å². The topological polar surface area (TPSA) is 79.2 Å². The number of nitrogens with zero attached hydrogens (tertiary/aromatic N) is 2. The van der Waals surface area contributed by atoms with E-state index in [1.54, 1.807) is 55.6 Å². The van der Waals surface area contributed by atoms with E-state index >= 15 is 0 Å². The Morgan fingerprint density at radius 3 is 2.57 bits per heavy atom. The fourth-order valence-corrected chi connectivity index (χ4v) is 4.69. The van der Waals surface area contributed by atoms with Crippen LogP contribution in [0.25, 0.3) is 6.08 Å². The van der Waals surface area contributed by atoms with E-state index in [1.165, 1.54) is 28.8 Å². The minimum atomic E-state index is -1.04. The standard InChI is InChI=1S/C25H17Cl3N2O4S/c1-30-23(31)22(35-25(30)29-17-4-2-3-16(12-17)24(32)33)11-14-6-8-21(20(28)9-14)34-13-15-5-7-18(26)19(27)10-15/h2-12H,13H2,1H3,(H,32,33)/b22-11-,29-25?. The molecule has 0 spiro atoms. The fourth-order valence-electron chi connectivity index (χ4n) is 3.14. The van der Waals surface area contributed by atoms with Crippen molar-refractivity contribution in [1.29, 1.82) is 0 Å². The van der Waals surface area contributed by atoms with Gasteiger partial charge in [0.25, 0.3) is 5.91 Å². The van der Waals surface area contributed by atoms with Gasteiger partial charge in [0.15, 0.2) is 5.17 Å². The van der Waals surface area contributed by atoms with Gasteiger partial charge in [0.05, 0.1) is 31.2 Å². The van der Waals surface area contributed by atoms with Gasteiger partial charge < -0.3 is 9.84 Å². The van der Waals surface area contributed by atoms with Crippen molar-refractivity contribution in [3.05, 3.63) is 97.3 Å². The van der Waals surface area contributed by atoms with Crippen LogP contribution in [0.2, 0.25) is 15.1 Å². The van der Waals surface area contributed by atoms with Crippen LogP contribution in [-0.4, -0.2) is 34.1 Å². The van der Waals surface area contributed by atoms with Gasteiger partial charge in [-0.25, -0.2) is 9.79 Å². The molecule has 1 aliphatic heterocycles. The second-order valence-corrected chi connectivity index (χ2v) is 9.68. The number of likely N-dealkylation sites (N-methyl/N-ethyl adjacent to an activating group) is 1. The lowest BCUT2D eigenvalue weighted by molar-refractivity contribution is -0.121. The molecular formula is C25H17Cl3N2O4S. The van der Waals surface area contributed by atoms with Crippen LogP contribution in [0, 0.1) is 0 Å². The van der Waals surface area contributed by atoms with E-state index in [0.29, 0.717) is 36.6 Å². The average molecular weight is 548 g/mol. The molecule has 0 bridgehead atoms. The van der Waals surface area contributed by atoms with Gasteiger partial charge in [-0.2, -0.15) is 0 Å². The summed E-state index contributed by atoms with van der Waals surface area (Å²) < 4.78 is 5.80. The number of rotatable bonds is 6. The van der Waals surface area contributed by atoms with Crippen molar-refractivity contribution in [2.45, 2.75) is 6.61 Å². The van der Waals surface area contributed by atoms with Crippen LogP contribution in [-0.2, 0) is 11.4 Å². The number of benzene rings is 3. The number of carboxylic acid groups (broad SMARTS) is 1. The maximum atomic E-state index is 12.7. The molecule has 1 aliphatic rings. The molecule has 3 aromatic rings. The molecule has 10 heteroatoms. The minimum Gasteiger partial charge on any atom is -0.487 e. The number of aromatic carboxylic acids is 1. The second kappa shape index (κ2) is 10.7. The van der Waals surface area contributed by atoms with Gasteiger partial charge in [0, 0.05) is 7.05 Å². The Morgan fingerprint density at radius 2 is 1.86 bits per heavy atom. The molecule has 0 atom stereocenters. The zero-order valence-corrected chi connectivity index (χ0v) is 21.3. The molecule has 0 aromatic heterocycles. The van der Waals surface area contributed by atoms with Gasteiger partial charge in [-0.05, 0) is 71.4 Å². The Morgan fingerprint density at radius 1 is 1.06 bits per heavy atom. The fraction of sp³-hybridized carbons (Fsp3) is 0.0800. The highest BCUT2D eigenvalue weighted by Crippen LogP contribution is 2.35. The Labute approximate surface area is 220 Å². The third-order valence-corrected chi connectivity index (χ3v) is 7.05. The zero-order valence-electron chi connectivity index (χ0n) is 18.2. The van der Waals surface area contributed by atoms with Gasteiger partial charge >= 0.3 is 5.97 Å². The summed E-state index contributed by atoms with van der Waals surface area (Å²) in [5.41, 5.74) is 2.13. The predicted molar refractivity (Wildman–Crippen MR) is 141 cm³/mol. The van der Waals surface area contributed by atoms with E-state index in [-0.39, 0.29) is 18.1 Å². The summed E-state index contributed by atoms with van der Waals surface area (Å²) in [6, 6.07) is 16.7. The summed E-state index contributed by atoms with van der Waals surface area (Å²) in [6.45, 7) is 0.263. The molecular weight excluding hydrogens is 531 g/mol. The van der Waals surface area contributed by atoms with E-state index in [1.807, 2.05) is 6.07 Å². The number of amidine groups is 1. The molecule has 0 saturated carbocycles. The number of carbonyl (C=O) groups excluding carboxylic acids is 1. The van der Waals surface area contributed by atoms with Crippen molar-refractivity contribution >= 4 is 75.4 Å². The molecule has 1 amide bonds. The first-order chi connectivity index (χ1) is 16.7. The molecule has 1 heterocycles. The number of hydrogen-bond donors (Lipinski definition) is 1. The molecule has 178 valence electrons. The van der Waals surface area contributed by atoms with Crippen molar-refractivity contribution in [2.24, 2.45) is 4.99 Å². The Balaban J connectivity index is 1.49. The first kappa shape index (κ1) is 25.1. The molecule has 0 radical (unpaired) electrons. The highest BCUT2D eigenvalue weighted by Gasteiger charge is 2.30. The number of carboxylic acids is 1. The Hall–Kier alpha value is -2.97. The van der Waals surface area contributed by atoms with Crippen LogP contribution < -0.4 is 4.74 Å². The SMILES string of the molecule is CN1C(=O)/C(=C/c2ccc(OCc3ccc(Cl)c(Cl)c3)c(Cl)c2)SC1=Nc1cccc(C(=O)O)c1. The zero-order chi connectivity index (χ0) is 25.1. The number of halogens is 3. The molecule has 3 aromatic carbocycles. The van der Waals surface area contributed by atoms with E-state index in [0.717, 1.165) is 11.1 Å². The molecule has 1 fully saturated rings. The summed E-state index contributed by atoms with van der Waals surface area (Å²) >= 11 is 19.6. The second-order valence-electron chi connectivity index (χ2n) is 7.45. The normalized spacial score (nSPS) is 15.8. The van der Waals surface area contributed by atoms with Gasteiger partial charge in [-0.3, -0.25) is 9.69 Å². The van der Waals surface area contributed by atoms with Crippen molar-refractivity contribution in [3.8, 4) is 5.75 Å². The predicted octanol–water partition coefficient (Wildman–Crippen LogP) is 7.16. The number of hydrogen-bond acceptors (Lipinski definition) is 5. The van der Waals surface area contributed by atoms with Crippen LogP contribution in [0.3, 0.4) is 0 Å². The van der Waals surface area contributed by atoms with Crippen LogP contribution >= 0.6 is 46.6 Å². The first-order valence-electron chi connectivity index (χ1n) is 10.2. The molecule has 1 saturated heterocycles. The molecule has 35 heavy (non-hydrogen) atoms. The Kier molecular flexibility index (Phi) is 7.72. The van der Waals surface area contributed by atoms with Gasteiger partial charge in [0.1, 0.15) is 12.4 Å². The van der Waals surface area contributed by atoms with Crippen molar-refractivity contribution in [2.75, 3.05) is 7.05 Å². The molecule has 0 unspecified atom stereocenters. The lowest BCUT2D eigenvalue weighted by Gasteiger charge is -2.09. The third kappa shape index (κ3) is 6.00. The summed E-state index contributed by atoms with van der Waals surface area (Å²) in [5.74, 6) is -0.778. The lowest BCUT2D eigenvalue weighted by Crippen LogP contribution is -2.23. The minimum absolute atomic E-state index is 0.121. The average Bonchev–Trinajstić information content (AvgIpc) is 3.08. The van der Waals surface area contributed by atoms with Crippen LogP contribution in [0.5, 0.6) is 5.75 Å². The van der Waals surface area contributed by atoms with Crippen LogP contribution in [0.15, 0.2) is 70.6 Å². The highest BCUT2D eigenvalue weighted by atomic mass is 35.5. The largest absolute Gasteiger partial charge is 0.487 e. The smallest absolute Gasteiger partial charge is 0.335 e. The summed E-state index contributed by atoms with van der Waals surface area (Å²) in [5, 5.41) is 10.9. The van der Waals surface area contributed by atoms with Crippen molar-refractivity contribution < 1.29 is 19.4 Å². The quantitative estimate of drug-likeness (QED) is 0.331. The van der Waals surface area contributed by atoms with Gasteiger partial charge in [0.2, 0.25) is 0 Å². The summed E-state index contributed by atoms with van der Waals surface area (Å²) in [4.78, 5) is 30.2. The maximum Gasteiger partial charge on any atom is 0.335 e. The Bertz CT molecular complexity index is 1390. The number of thioether (sulfide) groups is 1. The van der Waals surface area contributed by atoms with E-state index in [2.05, 4.69) is 4.99 Å². The van der Waals surface area contributed by atoms with Gasteiger partial charge in [-0.15, -0.1) is 0 Å². The van der Waals surface area contributed by atoms with Crippen LogP contribution in [0.4, 0.5) is 5.69 Å².